The Morgan fingerprint density at radius 2 is 1.54 bits per heavy atom. The van der Waals surface area contributed by atoms with Gasteiger partial charge in [-0.05, 0) is 36.8 Å². The Bertz CT molecular complexity index is 617. The molecule has 24 heavy (non-hydrogen) atoms. The molecule has 1 aliphatic heterocycles. The van der Waals surface area contributed by atoms with E-state index < -0.39 is 0 Å². The lowest BCUT2D eigenvalue weighted by Gasteiger charge is -2.34. The fraction of sp³-hybridized carbons (Fsp3) is 0.400. The number of nitrogens with zero attached hydrogens (tertiary/aromatic N) is 3. The van der Waals surface area contributed by atoms with Crippen molar-refractivity contribution >= 4 is 5.91 Å². The van der Waals surface area contributed by atoms with E-state index in [4.69, 9.17) is 0 Å². The zero-order valence-electron chi connectivity index (χ0n) is 14.9. The first-order valence-electron chi connectivity index (χ1n) is 8.69. The molecule has 0 bridgehead atoms. The van der Waals surface area contributed by atoms with Crippen molar-refractivity contribution in [2.24, 2.45) is 0 Å². The smallest absolute Gasteiger partial charge is 0.253 e. The predicted octanol–water partition coefficient (Wildman–Crippen LogP) is 3.37. The topological polar surface area (TPSA) is 36.4 Å². The molecule has 0 saturated carbocycles. The highest BCUT2D eigenvalue weighted by atomic mass is 16.2. The first kappa shape index (κ1) is 18.1. The average Bonchev–Trinajstić information content (AvgIpc) is 2.65. The van der Waals surface area contributed by atoms with Crippen LogP contribution in [0.4, 0.5) is 0 Å². The summed E-state index contributed by atoms with van der Waals surface area (Å²) in [5, 5.41) is 0. The highest BCUT2D eigenvalue weighted by molar-refractivity contribution is 5.94. The van der Waals surface area contributed by atoms with E-state index in [2.05, 4.69) is 9.88 Å². The van der Waals surface area contributed by atoms with Crippen molar-refractivity contribution in [3.8, 4) is 0 Å². The van der Waals surface area contributed by atoms with Gasteiger partial charge in [0.05, 0.1) is 0 Å². The summed E-state index contributed by atoms with van der Waals surface area (Å²) in [7, 11) is 0. The van der Waals surface area contributed by atoms with Crippen molar-refractivity contribution in [3.05, 3.63) is 65.5 Å². The van der Waals surface area contributed by atoms with E-state index in [1.807, 2.05) is 74.5 Å². The third-order valence-electron chi connectivity index (χ3n) is 4.11. The normalized spacial score (nSPS) is 14.7. The van der Waals surface area contributed by atoms with Gasteiger partial charge >= 0.3 is 0 Å². The molecule has 1 amide bonds. The number of piperazine rings is 1. The van der Waals surface area contributed by atoms with Crippen molar-refractivity contribution in [2.75, 3.05) is 26.2 Å². The molecule has 0 aliphatic carbocycles. The zero-order valence-corrected chi connectivity index (χ0v) is 14.9. The molecule has 3 rings (SSSR count). The maximum Gasteiger partial charge on any atom is 0.253 e. The SMILES string of the molecule is CC.Cc1ccc(C(=O)N2CCN(Cc3ccncc3)CC2)cc1. The number of aromatic nitrogens is 1. The van der Waals surface area contributed by atoms with Gasteiger partial charge < -0.3 is 4.90 Å². The van der Waals surface area contributed by atoms with Gasteiger partial charge in [0.25, 0.3) is 5.91 Å². The quantitative estimate of drug-likeness (QED) is 0.868. The first-order chi connectivity index (χ1) is 11.7. The van der Waals surface area contributed by atoms with Crippen LogP contribution < -0.4 is 0 Å². The fourth-order valence-electron chi connectivity index (χ4n) is 2.73. The maximum absolute atomic E-state index is 12.5. The number of carbonyl (C=O) groups is 1. The number of hydrogen-bond acceptors (Lipinski definition) is 3. The van der Waals surface area contributed by atoms with Crippen LogP contribution in [0.25, 0.3) is 0 Å². The molecule has 128 valence electrons. The molecule has 0 radical (unpaired) electrons. The lowest BCUT2D eigenvalue weighted by Crippen LogP contribution is -2.48. The summed E-state index contributed by atoms with van der Waals surface area (Å²) >= 11 is 0. The van der Waals surface area contributed by atoms with Crippen LogP contribution in [0.2, 0.25) is 0 Å². The second-order valence-corrected chi connectivity index (χ2v) is 5.79. The summed E-state index contributed by atoms with van der Waals surface area (Å²) in [5.74, 6) is 0.142. The minimum atomic E-state index is 0.142. The van der Waals surface area contributed by atoms with Gasteiger partial charge in [0.2, 0.25) is 0 Å². The molecule has 1 fully saturated rings. The second-order valence-electron chi connectivity index (χ2n) is 5.79. The maximum atomic E-state index is 12.5. The average molecular weight is 325 g/mol. The minimum absolute atomic E-state index is 0.142. The van der Waals surface area contributed by atoms with Crippen molar-refractivity contribution < 1.29 is 4.79 Å². The van der Waals surface area contributed by atoms with Gasteiger partial charge in [-0.3, -0.25) is 14.7 Å². The van der Waals surface area contributed by atoms with Crippen LogP contribution >= 0.6 is 0 Å². The summed E-state index contributed by atoms with van der Waals surface area (Å²) in [6.45, 7) is 10.4. The Morgan fingerprint density at radius 1 is 0.958 bits per heavy atom. The minimum Gasteiger partial charge on any atom is -0.336 e. The Hall–Kier alpha value is -2.20. The molecule has 0 atom stereocenters. The van der Waals surface area contributed by atoms with Gasteiger partial charge in [-0.1, -0.05) is 31.5 Å². The highest BCUT2D eigenvalue weighted by Crippen LogP contribution is 2.12. The van der Waals surface area contributed by atoms with Gasteiger partial charge in [-0.25, -0.2) is 0 Å². The molecule has 1 aliphatic rings. The first-order valence-corrected chi connectivity index (χ1v) is 8.69. The highest BCUT2D eigenvalue weighted by Gasteiger charge is 2.21. The number of aryl methyl sites for hydroxylation is 1. The lowest BCUT2D eigenvalue weighted by atomic mass is 10.1. The third-order valence-corrected chi connectivity index (χ3v) is 4.11. The molecule has 0 N–H and O–H groups in total. The van der Waals surface area contributed by atoms with Crippen LogP contribution in [0.1, 0.15) is 35.3 Å². The lowest BCUT2D eigenvalue weighted by molar-refractivity contribution is 0.0628. The molecule has 4 nitrogen and oxygen atoms in total. The fourth-order valence-corrected chi connectivity index (χ4v) is 2.73. The van der Waals surface area contributed by atoms with Crippen LogP contribution in [0.5, 0.6) is 0 Å². The van der Waals surface area contributed by atoms with Gasteiger partial charge in [-0.2, -0.15) is 0 Å². The van der Waals surface area contributed by atoms with Crippen molar-refractivity contribution in [1.29, 1.82) is 0 Å². The van der Waals surface area contributed by atoms with E-state index in [1.54, 1.807) is 0 Å². The molecule has 4 heteroatoms. The molecule has 2 heterocycles. The molecule has 1 saturated heterocycles. The number of benzene rings is 1. The van der Waals surface area contributed by atoms with E-state index in [9.17, 15) is 4.79 Å². The van der Waals surface area contributed by atoms with Gasteiger partial charge in [-0.15, -0.1) is 0 Å². The van der Waals surface area contributed by atoms with E-state index >= 15 is 0 Å². The molecular formula is C20H27N3O. The van der Waals surface area contributed by atoms with Gasteiger partial charge in [0, 0.05) is 50.7 Å². The Balaban J connectivity index is 0.00000100. The monoisotopic (exact) mass is 325 g/mol. The van der Waals surface area contributed by atoms with Gasteiger partial charge in [0.15, 0.2) is 0 Å². The molecule has 0 spiro atoms. The molecule has 2 aromatic rings. The number of amides is 1. The summed E-state index contributed by atoms with van der Waals surface area (Å²) in [6.07, 6.45) is 3.65. The Morgan fingerprint density at radius 3 is 2.12 bits per heavy atom. The summed E-state index contributed by atoms with van der Waals surface area (Å²) < 4.78 is 0. The van der Waals surface area contributed by atoms with Crippen LogP contribution in [-0.2, 0) is 6.54 Å². The van der Waals surface area contributed by atoms with E-state index in [1.165, 1.54) is 11.1 Å². The predicted molar refractivity (Wildman–Crippen MR) is 97.9 cm³/mol. The third kappa shape index (κ3) is 4.90. The second kappa shape index (κ2) is 9.18. The van der Waals surface area contributed by atoms with Crippen molar-refractivity contribution in [2.45, 2.75) is 27.3 Å². The summed E-state index contributed by atoms with van der Waals surface area (Å²) in [5.41, 5.74) is 3.24. The number of carbonyl (C=O) groups excluding carboxylic acids is 1. The van der Waals surface area contributed by atoms with Crippen molar-refractivity contribution in [1.82, 2.24) is 14.8 Å². The summed E-state index contributed by atoms with van der Waals surface area (Å²) in [4.78, 5) is 20.9. The van der Waals surface area contributed by atoms with Crippen molar-refractivity contribution in [3.63, 3.8) is 0 Å². The standard InChI is InChI=1S/C18H21N3O.C2H6/c1-15-2-4-17(5-3-15)18(22)21-12-10-20(11-13-21)14-16-6-8-19-9-7-16;1-2/h2-9H,10-14H2,1H3;1-2H3. The van der Waals surface area contributed by atoms with Crippen LogP contribution in [0.3, 0.4) is 0 Å². The molecule has 1 aromatic carbocycles. The van der Waals surface area contributed by atoms with Crippen LogP contribution in [-0.4, -0.2) is 46.9 Å². The number of pyridine rings is 1. The largest absolute Gasteiger partial charge is 0.336 e. The van der Waals surface area contributed by atoms with E-state index in [0.717, 1.165) is 38.3 Å². The van der Waals surface area contributed by atoms with Gasteiger partial charge in [0.1, 0.15) is 0 Å². The number of hydrogen-bond donors (Lipinski definition) is 0. The van der Waals surface area contributed by atoms with Crippen LogP contribution in [0.15, 0.2) is 48.8 Å². The Labute approximate surface area is 145 Å². The van der Waals surface area contributed by atoms with Crippen LogP contribution in [0, 0.1) is 6.92 Å². The van der Waals surface area contributed by atoms with E-state index in [-0.39, 0.29) is 5.91 Å². The van der Waals surface area contributed by atoms with E-state index in [0.29, 0.717) is 0 Å². The zero-order chi connectivity index (χ0) is 17.4. The number of rotatable bonds is 3. The summed E-state index contributed by atoms with van der Waals surface area (Å²) in [6, 6.07) is 11.9. The Kier molecular flexibility index (Phi) is 6.94. The molecular weight excluding hydrogens is 298 g/mol. The molecule has 1 aromatic heterocycles. The molecule has 0 unspecified atom stereocenters.